The van der Waals surface area contributed by atoms with Gasteiger partial charge in [0.2, 0.25) is 11.8 Å². The van der Waals surface area contributed by atoms with Gasteiger partial charge in [0.05, 0.1) is 17.5 Å². The molecule has 2 unspecified atom stereocenters. The molecule has 2 atom stereocenters. The zero-order valence-electron chi connectivity index (χ0n) is 15.5. The van der Waals surface area contributed by atoms with Crippen LogP contribution in [0.2, 0.25) is 0 Å². The molecular weight excluding hydrogens is 345 g/mol. The molecule has 5 nitrogen and oxygen atoms in total. The van der Waals surface area contributed by atoms with Gasteiger partial charge in [0, 0.05) is 24.5 Å². The van der Waals surface area contributed by atoms with Crippen LogP contribution >= 0.6 is 0 Å². The molecule has 2 N–H and O–H groups in total. The van der Waals surface area contributed by atoms with Crippen LogP contribution in [0.3, 0.4) is 0 Å². The zero-order valence-corrected chi connectivity index (χ0v) is 15.5. The van der Waals surface area contributed by atoms with Gasteiger partial charge in [-0.15, -0.1) is 0 Å². The van der Waals surface area contributed by atoms with E-state index in [1.54, 1.807) is 12.1 Å². The molecule has 27 heavy (non-hydrogen) atoms. The third-order valence-electron chi connectivity index (χ3n) is 4.86. The number of nitrogens with zero attached hydrogens (tertiary/aromatic N) is 1. The lowest BCUT2D eigenvalue weighted by Gasteiger charge is -2.21. The molecule has 3 rings (SSSR count). The number of hydrogen-bond donors (Lipinski definition) is 2. The second kappa shape index (κ2) is 8.20. The molecule has 2 aromatic rings. The average Bonchev–Trinajstić information content (AvgIpc) is 3.47. The Morgan fingerprint density at radius 2 is 1.56 bits per heavy atom. The highest BCUT2D eigenvalue weighted by Crippen LogP contribution is 2.40. The van der Waals surface area contributed by atoms with Crippen molar-refractivity contribution in [3.05, 3.63) is 54.3 Å². The maximum Gasteiger partial charge on any atom is 0.228 e. The van der Waals surface area contributed by atoms with Gasteiger partial charge in [-0.3, -0.25) is 9.59 Å². The molecule has 1 aliphatic rings. The third-order valence-corrected chi connectivity index (χ3v) is 4.86. The highest BCUT2D eigenvalue weighted by molar-refractivity contribution is 6.03. The largest absolute Gasteiger partial charge is 0.372 e. The molecular formula is C21H24FN3O2. The molecule has 0 radical (unpaired) electrons. The summed E-state index contributed by atoms with van der Waals surface area (Å²) < 4.78 is 13.6. The molecule has 0 bridgehead atoms. The first-order chi connectivity index (χ1) is 13.0. The Morgan fingerprint density at radius 1 is 0.963 bits per heavy atom. The monoisotopic (exact) mass is 369 g/mol. The number of para-hydroxylation sites is 1. The minimum absolute atomic E-state index is 0.139. The molecule has 2 aromatic carbocycles. The zero-order chi connectivity index (χ0) is 19.4. The van der Waals surface area contributed by atoms with Gasteiger partial charge in [-0.25, -0.2) is 4.39 Å². The molecule has 0 saturated heterocycles. The fourth-order valence-electron chi connectivity index (χ4n) is 3.14. The van der Waals surface area contributed by atoms with Crippen LogP contribution in [0.5, 0.6) is 0 Å². The van der Waals surface area contributed by atoms with E-state index in [0.29, 0.717) is 12.1 Å². The lowest BCUT2D eigenvalue weighted by atomic mass is 10.2. The molecule has 2 amide bonds. The molecule has 1 fully saturated rings. The Hall–Kier alpha value is -2.89. The molecule has 0 spiro atoms. The van der Waals surface area contributed by atoms with Gasteiger partial charge in [-0.2, -0.15) is 0 Å². The summed E-state index contributed by atoms with van der Waals surface area (Å²) in [5, 5.41) is 5.41. The normalized spacial score (nSPS) is 17.9. The van der Waals surface area contributed by atoms with E-state index in [-0.39, 0.29) is 23.4 Å². The van der Waals surface area contributed by atoms with Crippen molar-refractivity contribution < 1.29 is 14.0 Å². The minimum atomic E-state index is -0.485. The minimum Gasteiger partial charge on any atom is -0.372 e. The fraction of sp³-hybridized carbons (Fsp3) is 0.333. The molecule has 0 aromatic heterocycles. The topological polar surface area (TPSA) is 61.4 Å². The predicted octanol–water partition coefficient (Wildman–Crippen LogP) is 3.89. The van der Waals surface area contributed by atoms with E-state index in [1.807, 2.05) is 24.3 Å². The van der Waals surface area contributed by atoms with E-state index < -0.39 is 11.7 Å². The number of carbonyl (C=O) groups excluding carboxylic acids is 2. The van der Waals surface area contributed by atoms with Gasteiger partial charge < -0.3 is 15.5 Å². The molecule has 1 aliphatic carbocycles. The third kappa shape index (κ3) is 4.45. The van der Waals surface area contributed by atoms with Crippen molar-refractivity contribution in [3.8, 4) is 0 Å². The number of halogens is 1. The van der Waals surface area contributed by atoms with Crippen LogP contribution in [0.15, 0.2) is 48.5 Å². The first-order valence-electron chi connectivity index (χ1n) is 9.24. The van der Waals surface area contributed by atoms with Crippen molar-refractivity contribution >= 4 is 28.9 Å². The summed E-state index contributed by atoms with van der Waals surface area (Å²) in [4.78, 5) is 26.8. The highest BCUT2D eigenvalue weighted by atomic mass is 19.1. The Morgan fingerprint density at radius 3 is 2.15 bits per heavy atom. The molecule has 142 valence electrons. The van der Waals surface area contributed by atoms with Gasteiger partial charge in [0.1, 0.15) is 5.82 Å². The van der Waals surface area contributed by atoms with E-state index in [0.717, 1.165) is 18.8 Å². The smallest absolute Gasteiger partial charge is 0.228 e. The van der Waals surface area contributed by atoms with Gasteiger partial charge in [-0.1, -0.05) is 12.1 Å². The van der Waals surface area contributed by atoms with Crippen LogP contribution in [0.25, 0.3) is 0 Å². The van der Waals surface area contributed by atoms with Crippen molar-refractivity contribution in [1.82, 2.24) is 0 Å². The van der Waals surface area contributed by atoms with Gasteiger partial charge in [0.15, 0.2) is 0 Å². The number of nitrogens with one attached hydrogen (secondary N) is 2. The van der Waals surface area contributed by atoms with Crippen molar-refractivity contribution in [1.29, 1.82) is 0 Å². The number of amides is 2. The molecule has 1 saturated carbocycles. The van der Waals surface area contributed by atoms with E-state index in [1.165, 1.54) is 12.1 Å². The number of rotatable bonds is 7. The number of carbonyl (C=O) groups is 2. The first kappa shape index (κ1) is 18.9. The number of benzene rings is 2. The summed E-state index contributed by atoms with van der Waals surface area (Å²) in [7, 11) is 0. The summed E-state index contributed by atoms with van der Waals surface area (Å²) in [6.07, 6.45) is 0.476. The average molecular weight is 369 g/mol. The van der Waals surface area contributed by atoms with Crippen LogP contribution < -0.4 is 15.5 Å². The van der Waals surface area contributed by atoms with Crippen LogP contribution in [-0.2, 0) is 9.59 Å². The Kier molecular flexibility index (Phi) is 5.74. The number of anilines is 3. The van der Waals surface area contributed by atoms with Crippen LogP contribution in [0, 0.1) is 17.7 Å². The summed E-state index contributed by atoms with van der Waals surface area (Å²) in [5.74, 6) is -1.78. The van der Waals surface area contributed by atoms with E-state index in [4.69, 9.17) is 0 Å². The molecule has 6 heteroatoms. The standard InChI is InChI=1S/C21H24FN3O2/c1-3-25(4-2)15-11-9-14(10-12-15)23-20(26)16-13-17(16)21(27)24-19-8-6-5-7-18(19)22/h5-12,16-17H,3-4,13H2,1-2H3,(H,23,26)(H,24,27). The van der Waals surface area contributed by atoms with Crippen molar-refractivity contribution in [2.24, 2.45) is 11.8 Å². The lowest BCUT2D eigenvalue weighted by molar-refractivity contribution is -0.122. The Balaban J connectivity index is 1.54. The summed E-state index contributed by atoms with van der Waals surface area (Å²) >= 11 is 0. The lowest BCUT2D eigenvalue weighted by Crippen LogP contribution is -2.22. The Labute approximate surface area is 158 Å². The van der Waals surface area contributed by atoms with Crippen molar-refractivity contribution in [2.75, 3.05) is 28.6 Å². The molecule has 0 heterocycles. The van der Waals surface area contributed by atoms with Crippen LogP contribution in [0.1, 0.15) is 20.3 Å². The highest BCUT2D eigenvalue weighted by Gasteiger charge is 2.48. The van der Waals surface area contributed by atoms with Gasteiger partial charge >= 0.3 is 0 Å². The van der Waals surface area contributed by atoms with Crippen molar-refractivity contribution in [2.45, 2.75) is 20.3 Å². The summed E-state index contributed by atoms with van der Waals surface area (Å²) in [5.41, 5.74) is 1.95. The van der Waals surface area contributed by atoms with Crippen LogP contribution in [-0.4, -0.2) is 24.9 Å². The second-order valence-electron chi connectivity index (χ2n) is 6.63. The van der Waals surface area contributed by atoms with Gasteiger partial charge in [0.25, 0.3) is 0 Å². The van der Waals surface area contributed by atoms with E-state index in [2.05, 4.69) is 29.4 Å². The van der Waals surface area contributed by atoms with Gasteiger partial charge in [-0.05, 0) is 56.7 Å². The maximum absolute atomic E-state index is 13.6. The van der Waals surface area contributed by atoms with Crippen LogP contribution in [0.4, 0.5) is 21.5 Å². The van der Waals surface area contributed by atoms with E-state index in [9.17, 15) is 14.0 Å². The number of hydrogen-bond acceptors (Lipinski definition) is 3. The predicted molar refractivity (Wildman–Crippen MR) is 105 cm³/mol. The second-order valence-corrected chi connectivity index (χ2v) is 6.63. The SMILES string of the molecule is CCN(CC)c1ccc(NC(=O)C2CC2C(=O)Nc2ccccc2F)cc1. The fourth-order valence-corrected chi connectivity index (χ4v) is 3.14. The van der Waals surface area contributed by atoms with E-state index >= 15 is 0 Å². The quantitative estimate of drug-likeness (QED) is 0.778. The maximum atomic E-state index is 13.6. The Bertz CT molecular complexity index is 818. The molecule has 0 aliphatic heterocycles. The summed E-state index contributed by atoms with van der Waals surface area (Å²) in [6.45, 7) is 6.03. The first-order valence-corrected chi connectivity index (χ1v) is 9.24. The van der Waals surface area contributed by atoms with Crippen molar-refractivity contribution in [3.63, 3.8) is 0 Å². The summed E-state index contributed by atoms with van der Waals surface area (Å²) in [6, 6.07) is 13.7.